The molecule has 1 rings (SSSR count). The van der Waals surface area contributed by atoms with Crippen LogP contribution in [-0.2, 0) is 0 Å². The van der Waals surface area contributed by atoms with Crippen LogP contribution in [0.5, 0.6) is 0 Å². The van der Waals surface area contributed by atoms with E-state index >= 15 is 0 Å². The zero-order valence-corrected chi connectivity index (χ0v) is 7.83. The van der Waals surface area contributed by atoms with Crippen molar-refractivity contribution >= 4 is 17.3 Å². The fourth-order valence-corrected chi connectivity index (χ4v) is 1.07. The molecule has 0 radical (unpaired) electrons. The van der Waals surface area contributed by atoms with Gasteiger partial charge in [-0.1, -0.05) is 35.9 Å². The third kappa shape index (κ3) is 2.59. The molecule has 0 unspecified atom stereocenters. The number of anilines is 1. The molecule has 0 saturated heterocycles. The number of nitrogens with zero attached hydrogens (tertiary/aromatic N) is 1. The number of para-hydroxylation sites is 1. The van der Waals surface area contributed by atoms with Crippen molar-refractivity contribution in [2.24, 2.45) is 0 Å². The maximum atomic E-state index is 5.43. The molecule has 0 N–H and O–H groups in total. The first-order valence-electron chi connectivity index (χ1n) is 3.86. The summed E-state index contributed by atoms with van der Waals surface area (Å²) < 4.78 is 0. The summed E-state index contributed by atoms with van der Waals surface area (Å²) in [5.74, 6) is 0. The van der Waals surface area contributed by atoms with Gasteiger partial charge in [0.05, 0.1) is 0 Å². The Bertz CT molecular complexity index is 243. The van der Waals surface area contributed by atoms with E-state index < -0.39 is 0 Å². The number of benzene rings is 1. The molecule has 12 heavy (non-hydrogen) atoms. The summed E-state index contributed by atoms with van der Waals surface area (Å²) in [6, 6.07) is 10.2. The van der Waals surface area contributed by atoms with Crippen LogP contribution in [0, 0.1) is 0 Å². The molecule has 0 spiro atoms. The highest BCUT2D eigenvalue weighted by atomic mass is 35.5. The van der Waals surface area contributed by atoms with Crippen molar-refractivity contribution in [3.63, 3.8) is 0 Å². The molecule has 1 aromatic rings. The van der Waals surface area contributed by atoms with E-state index in [9.17, 15) is 0 Å². The number of hydrogen-bond donors (Lipinski definition) is 0. The Kier molecular flexibility index (Phi) is 3.68. The summed E-state index contributed by atoms with van der Waals surface area (Å²) in [6.07, 6.45) is 1.91. The van der Waals surface area contributed by atoms with Gasteiger partial charge < -0.3 is 4.90 Å². The first-order valence-corrected chi connectivity index (χ1v) is 4.29. The molecule has 0 bridgehead atoms. The van der Waals surface area contributed by atoms with Gasteiger partial charge in [-0.3, -0.25) is 0 Å². The predicted octanol–water partition coefficient (Wildman–Crippen LogP) is 2.88. The Morgan fingerprint density at radius 2 is 2.00 bits per heavy atom. The lowest BCUT2D eigenvalue weighted by molar-refractivity contribution is 1.03. The van der Waals surface area contributed by atoms with Gasteiger partial charge >= 0.3 is 0 Å². The van der Waals surface area contributed by atoms with Gasteiger partial charge in [-0.2, -0.15) is 0 Å². The van der Waals surface area contributed by atoms with Crippen molar-refractivity contribution < 1.29 is 0 Å². The van der Waals surface area contributed by atoms with Crippen LogP contribution < -0.4 is 4.90 Å². The number of likely N-dealkylation sites (N-methyl/N-ethyl adjacent to an activating group) is 1. The fraction of sp³-hybridized carbons (Fsp3) is 0.200. The summed E-state index contributed by atoms with van der Waals surface area (Å²) in [7, 11) is 2.03. The molecule has 2 heteroatoms. The Morgan fingerprint density at radius 1 is 1.33 bits per heavy atom. The van der Waals surface area contributed by atoms with E-state index in [-0.39, 0.29) is 0 Å². The van der Waals surface area contributed by atoms with Crippen LogP contribution in [0.4, 0.5) is 5.69 Å². The summed E-state index contributed by atoms with van der Waals surface area (Å²) >= 11 is 5.43. The third-order valence-electron chi connectivity index (χ3n) is 1.67. The van der Waals surface area contributed by atoms with Gasteiger partial charge in [0.15, 0.2) is 0 Å². The molecule has 0 atom stereocenters. The van der Waals surface area contributed by atoms with Crippen LogP contribution in [0.3, 0.4) is 0 Å². The lowest BCUT2D eigenvalue weighted by Crippen LogP contribution is -2.16. The van der Waals surface area contributed by atoms with E-state index in [2.05, 4.69) is 17.0 Å². The molecular weight excluding hydrogens is 170 g/mol. The lowest BCUT2D eigenvalue weighted by atomic mass is 10.3. The van der Waals surface area contributed by atoms with E-state index in [1.165, 1.54) is 5.69 Å². The molecule has 0 aliphatic rings. The average molecular weight is 182 g/mol. The van der Waals surface area contributed by atoms with Gasteiger partial charge in [0.1, 0.15) is 0 Å². The molecule has 0 aliphatic carbocycles. The molecule has 0 saturated carbocycles. The second-order valence-corrected chi connectivity index (χ2v) is 2.83. The number of rotatable bonds is 3. The lowest BCUT2D eigenvalue weighted by Gasteiger charge is -2.16. The van der Waals surface area contributed by atoms with Gasteiger partial charge in [-0.05, 0) is 12.1 Å². The predicted molar refractivity (Wildman–Crippen MR) is 54.7 cm³/mol. The largest absolute Gasteiger partial charge is 0.371 e. The van der Waals surface area contributed by atoms with Crippen molar-refractivity contribution in [1.29, 1.82) is 0 Å². The van der Waals surface area contributed by atoms with E-state index in [1.807, 2.05) is 31.3 Å². The summed E-state index contributed by atoms with van der Waals surface area (Å²) in [5.41, 5.74) is 2.74. The van der Waals surface area contributed by atoms with Crippen LogP contribution in [0.1, 0.15) is 0 Å². The van der Waals surface area contributed by atoms with E-state index in [4.69, 9.17) is 11.6 Å². The van der Waals surface area contributed by atoms with Crippen molar-refractivity contribution in [3.05, 3.63) is 41.9 Å². The minimum atomic E-state index is 0.841. The highest BCUT2D eigenvalue weighted by Crippen LogP contribution is 2.10. The monoisotopic (exact) mass is 181 g/mol. The number of halogens is 1. The Labute approximate surface area is 78.3 Å². The quantitative estimate of drug-likeness (QED) is 0.693. The van der Waals surface area contributed by atoms with Gasteiger partial charge in [-0.25, -0.2) is 0 Å². The normalized spacial score (nSPS) is 10.5. The van der Waals surface area contributed by atoms with Crippen LogP contribution in [0.2, 0.25) is 0 Å². The maximum Gasteiger partial charge on any atom is 0.0367 e. The molecule has 0 fully saturated rings. The second kappa shape index (κ2) is 4.83. The number of hydrogen-bond acceptors (Lipinski definition) is 1. The molecule has 0 aromatic heterocycles. The molecule has 0 aliphatic heterocycles. The first-order chi connectivity index (χ1) is 5.84. The zero-order valence-electron chi connectivity index (χ0n) is 7.07. The second-order valence-electron chi connectivity index (χ2n) is 2.58. The molecule has 0 heterocycles. The highest BCUT2D eigenvalue weighted by Gasteiger charge is 1.94. The standard InChI is InChI=1S/C10H12ClN/c1-12(9-5-8-11)10-6-3-2-4-7-10/h2-8H,9H2,1H3. The van der Waals surface area contributed by atoms with Gasteiger partial charge in [-0.15, -0.1) is 0 Å². The topological polar surface area (TPSA) is 3.24 Å². The first kappa shape index (κ1) is 9.14. The summed E-state index contributed by atoms with van der Waals surface area (Å²) in [4.78, 5) is 2.12. The van der Waals surface area contributed by atoms with Crippen LogP contribution in [0.15, 0.2) is 41.9 Å². The van der Waals surface area contributed by atoms with E-state index in [0.717, 1.165) is 6.54 Å². The fourth-order valence-electron chi connectivity index (χ4n) is 0.986. The van der Waals surface area contributed by atoms with Gasteiger partial charge in [0, 0.05) is 24.8 Å². The minimum Gasteiger partial charge on any atom is -0.371 e. The molecular formula is C10H12ClN. The molecule has 1 nitrogen and oxygen atoms in total. The highest BCUT2D eigenvalue weighted by molar-refractivity contribution is 6.25. The van der Waals surface area contributed by atoms with E-state index in [1.54, 1.807) is 5.54 Å². The van der Waals surface area contributed by atoms with Crippen LogP contribution in [-0.4, -0.2) is 13.6 Å². The van der Waals surface area contributed by atoms with Crippen molar-refractivity contribution in [1.82, 2.24) is 0 Å². The smallest absolute Gasteiger partial charge is 0.0367 e. The third-order valence-corrected chi connectivity index (χ3v) is 1.84. The Morgan fingerprint density at radius 3 is 2.58 bits per heavy atom. The van der Waals surface area contributed by atoms with Crippen LogP contribution >= 0.6 is 11.6 Å². The maximum absolute atomic E-state index is 5.43. The SMILES string of the molecule is CN(CC=CCl)c1ccccc1. The van der Waals surface area contributed by atoms with Crippen LogP contribution in [0.25, 0.3) is 0 Å². The molecule has 0 amide bonds. The van der Waals surface area contributed by atoms with Gasteiger partial charge in [0.25, 0.3) is 0 Å². The summed E-state index contributed by atoms with van der Waals surface area (Å²) in [5, 5.41) is 0. The zero-order chi connectivity index (χ0) is 8.81. The average Bonchev–Trinajstić information content (AvgIpc) is 2.15. The minimum absolute atomic E-state index is 0.841. The van der Waals surface area contributed by atoms with Crippen molar-refractivity contribution in [2.45, 2.75) is 0 Å². The van der Waals surface area contributed by atoms with Crippen molar-refractivity contribution in [2.75, 3.05) is 18.5 Å². The van der Waals surface area contributed by atoms with Crippen molar-refractivity contribution in [3.8, 4) is 0 Å². The van der Waals surface area contributed by atoms with Gasteiger partial charge in [0.2, 0.25) is 0 Å². The Balaban J connectivity index is 2.59. The molecule has 64 valence electrons. The van der Waals surface area contributed by atoms with E-state index in [0.29, 0.717) is 0 Å². The summed E-state index contributed by atoms with van der Waals surface area (Å²) in [6.45, 7) is 0.841. The molecule has 1 aromatic carbocycles. The Hall–Kier alpha value is -0.950.